The van der Waals surface area contributed by atoms with Crippen LogP contribution in [-0.4, -0.2) is 100 Å². The van der Waals surface area contributed by atoms with Crippen molar-refractivity contribution < 1.29 is 49.4 Å². The van der Waals surface area contributed by atoms with Gasteiger partial charge in [0.1, 0.15) is 27.9 Å². The van der Waals surface area contributed by atoms with Crippen molar-refractivity contribution in [3.63, 3.8) is 0 Å². The summed E-state index contributed by atoms with van der Waals surface area (Å²) in [5.74, 6) is -1.23. The molecule has 14 heteroatoms. The molecule has 3 aliphatic rings. The average molecular weight is 935 g/mol. The van der Waals surface area contributed by atoms with Gasteiger partial charge in [0.2, 0.25) is 0 Å². The van der Waals surface area contributed by atoms with Gasteiger partial charge in [-0.05, 0) is 76.0 Å². The van der Waals surface area contributed by atoms with Crippen LogP contribution in [0.2, 0.25) is 0 Å². The molecule has 3 aliphatic heterocycles. The van der Waals surface area contributed by atoms with Gasteiger partial charge in [-0.25, -0.2) is 4.99 Å². The lowest BCUT2D eigenvalue weighted by Crippen LogP contribution is -2.47. The zero-order valence-corrected chi connectivity index (χ0v) is 42.9. The summed E-state index contributed by atoms with van der Waals surface area (Å²) in [6, 6.07) is 0. The van der Waals surface area contributed by atoms with E-state index in [1.54, 1.807) is 33.8 Å². The number of rotatable bonds is 5. The zero-order valence-electron chi connectivity index (χ0n) is 42.9. The summed E-state index contributed by atoms with van der Waals surface area (Å²) in [5, 5.41) is 52.7. The topological polar surface area (TPSA) is 211 Å². The van der Waals surface area contributed by atoms with Crippen molar-refractivity contribution >= 4 is 34.6 Å². The minimum absolute atomic E-state index is 0.0232. The lowest BCUT2D eigenvalue weighted by atomic mass is 9.75. The first-order valence-corrected chi connectivity index (χ1v) is 23.5. The molecule has 6 N–H and O–H groups in total. The molecule has 0 aliphatic carbocycles. The summed E-state index contributed by atoms with van der Waals surface area (Å²) < 4.78 is 12.2. The Kier molecular flexibility index (Phi) is 24.8. The Bertz CT molecular complexity index is 2200. The van der Waals surface area contributed by atoms with Crippen LogP contribution in [0.5, 0.6) is 17.2 Å². The number of nitrogens with one attached hydrogen (secondary N) is 1. The number of piperidine rings is 1. The van der Waals surface area contributed by atoms with E-state index in [2.05, 4.69) is 82.6 Å². The van der Waals surface area contributed by atoms with Crippen LogP contribution in [0.25, 0.3) is 10.8 Å². The number of hydrogen-bond donors (Lipinski definition) is 6. The maximum Gasteiger partial charge on any atom is 0.290 e. The fourth-order valence-electron chi connectivity index (χ4n) is 9.14. The van der Waals surface area contributed by atoms with Crippen molar-refractivity contribution in [2.24, 2.45) is 45.5 Å². The Morgan fingerprint density at radius 1 is 0.955 bits per heavy atom. The minimum Gasteiger partial charge on any atom is -0.507 e. The van der Waals surface area contributed by atoms with E-state index in [-0.39, 0.29) is 93.1 Å². The monoisotopic (exact) mass is 935 g/mol. The Labute approximate surface area is 400 Å². The summed E-state index contributed by atoms with van der Waals surface area (Å²) in [6.07, 6.45) is 20.2. The first-order chi connectivity index (χ1) is 31.6. The summed E-state index contributed by atoms with van der Waals surface area (Å²) in [7, 11) is 2.47. The molecule has 3 unspecified atom stereocenters. The standard InChI is InChI=1S/C47H68N4O7.C2H6.C2H2.CH2O2.CH4O/c1-26(2)25-51-22-20-47(21-23-51)49-38-36-35-34(52)19-14-13-17-28(4)31(7)32(8)43(58-46(10,11)56)30(6)24-27(3)16-15-18-29(5)45(55)48-40(39(38)50-47)42(54)37(36)41(53)33(9)44(35)57-12;2*1-2;2-1-3;1-2/h13-16,18,26-28,30-32,43,49,53-54,56H,17,19-25H2,1-12H3;1-2H3;1-2H;1H,(H,2,3);2H,1H3/b14-13+,16-15+,29-18-,48-40?;;;;/t27?,28-,30-,31?,32+,43?;;;;/m1..../s1. The third-order valence-corrected chi connectivity index (χ3v) is 12.6. The van der Waals surface area contributed by atoms with E-state index in [1.165, 1.54) is 7.11 Å². The van der Waals surface area contributed by atoms with Gasteiger partial charge in [-0.3, -0.25) is 19.4 Å². The number of carbonyl (C=O) groups is 3. The van der Waals surface area contributed by atoms with Crippen LogP contribution in [0.15, 0.2) is 45.9 Å². The number of phenolic OH excluding ortho intramolecular Hbond substituents is 2. The van der Waals surface area contributed by atoms with Gasteiger partial charge in [0.25, 0.3) is 12.4 Å². The molecule has 1 amide bonds. The number of aromatic hydroxyl groups is 2. The third-order valence-electron chi connectivity index (χ3n) is 12.6. The lowest BCUT2D eigenvalue weighted by Gasteiger charge is -2.39. The average Bonchev–Trinajstić information content (AvgIpc) is 3.66. The largest absolute Gasteiger partial charge is 0.507 e. The molecule has 1 spiro atoms. The number of benzene rings is 2. The number of carbonyl (C=O) groups excluding carboxylic acids is 2. The van der Waals surface area contributed by atoms with Crippen LogP contribution in [0.1, 0.15) is 131 Å². The SMILES string of the molecule is C#C.CC.CO.COc1c(C)c(O)c2c(O)c3c4c(c2c1C(=O)C/C=C/C[C@@H](C)C(C)[C@H](C)C(OC(C)(C)O)[C@H](C)CC(C)/C=C/C=C(/C)C(=O)N=3)NC1(CCN(CC(C)C)CC1)N=4.O=CO. The van der Waals surface area contributed by atoms with Crippen LogP contribution in [0, 0.1) is 55.3 Å². The van der Waals surface area contributed by atoms with Crippen LogP contribution in [0.3, 0.4) is 0 Å². The Balaban J connectivity index is 0.00000233. The van der Waals surface area contributed by atoms with Gasteiger partial charge in [0, 0.05) is 62.5 Å². The Morgan fingerprint density at radius 3 is 2.07 bits per heavy atom. The molecule has 0 aromatic heterocycles. The summed E-state index contributed by atoms with van der Waals surface area (Å²) in [6.45, 7) is 28.2. The van der Waals surface area contributed by atoms with Gasteiger partial charge in [-0.15, -0.1) is 12.8 Å². The van der Waals surface area contributed by atoms with Crippen molar-refractivity contribution in [2.75, 3.05) is 39.2 Å². The number of carboxylic acid groups (broad SMARTS) is 1. The minimum atomic E-state index is -1.30. The van der Waals surface area contributed by atoms with E-state index in [4.69, 9.17) is 29.5 Å². The van der Waals surface area contributed by atoms with E-state index in [9.17, 15) is 24.9 Å². The summed E-state index contributed by atoms with van der Waals surface area (Å²) in [5.41, 5.74) is 0.548. The Morgan fingerprint density at radius 2 is 1.54 bits per heavy atom. The summed E-state index contributed by atoms with van der Waals surface area (Å²) in [4.78, 5) is 48.8. The smallest absolute Gasteiger partial charge is 0.290 e. The molecule has 2 bridgehead atoms. The number of terminal acetylenes is 1. The second kappa shape index (κ2) is 27.7. The molecule has 2 aromatic carbocycles. The van der Waals surface area contributed by atoms with E-state index in [0.717, 1.165) is 39.6 Å². The maximum atomic E-state index is 14.5. The van der Waals surface area contributed by atoms with Crippen molar-refractivity contribution in [3.05, 3.63) is 57.8 Å². The quantitative estimate of drug-likeness (QED) is 0.0548. The number of nitrogens with zero attached hydrogens (tertiary/aromatic N) is 3. The first-order valence-electron chi connectivity index (χ1n) is 23.5. The van der Waals surface area contributed by atoms with E-state index in [0.29, 0.717) is 35.4 Å². The fraction of sp³-hybridized carbons (Fsp3) is 0.604. The van der Waals surface area contributed by atoms with Gasteiger partial charge in [0.05, 0.1) is 29.9 Å². The molecule has 0 saturated carbocycles. The second-order valence-electron chi connectivity index (χ2n) is 18.5. The molecule has 2 aromatic rings. The molecule has 1 fully saturated rings. The van der Waals surface area contributed by atoms with E-state index in [1.807, 2.05) is 32.1 Å². The highest BCUT2D eigenvalue weighted by molar-refractivity contribution is 6.18. The molecular formula is C53H82N4O10. The molecule has 1 saturated heterocycles. The number of likely N-dealkylation sites (tertiary alicyclic amines) is 1. The molecule has 374 valence electrons. The van der Waals surface area contributed by atoms with E-state index >= 15 is 0 Å². The van der Waals surface area contributed by atoms with Crippen molar-refractivity contribution in [3.8, 4) is 30.1 Å². The highest BCUT2D eigenvalue weighted by Gasteiger charge is 2.41. The molecule has 6 atom stereocenters. The van der Waals surface area contributed by atoms with Crippen LogP contribution >= 0.6 is 0 Å². The Hall–Kier alpha value is -5.07. The highest BCUT2D eigenvalue weighted by Crippen LogP contribution is 2.47. The molecule has 0 radical (unpaired) electrons. The predicted octanol–water partition coefficient (Wildman–Crippen LogP) is 8.51. The number of methoxy groups -OCH3 is 1. The molecule has 5 rings (SSSR count). The number of aliphatic hydroxyl groups excluding tert-OH is 1. The number of ether oxygens (including phenoxy) is 2. The van der Waals surface area contributed by atoms with Crippen LogP contribution in [0.4, 0.5) is 5.69 Å². The number of aliphatic hydroxyl groups is 2. The highest BCUT2D eigenvalue weighted by atomic mass is 16.6. The van der Waals surface area contributed by atoms with Crippen LogP contribution < -0.4 is 20.8 Å². The third kappa shape index (κ3) is 15.5. The molecule has 14 nitrogen and oxygen atoms in total. The second-order valence-corrected chi connectivity index (χ2v) is 18.5. The number of hydrogen-bond acceptors (Lipinski definition) is 12. The first kappa shape index (κ1) is 59.9. The number of Topliss-reactive ketones (excluding diaryl/α,β-unsaturated/α-hetero) is 1. The normalized spacial score (nSPS) is 25.0. The predicted molar refractivity (Wildman–Crippen MR) is 268 cm³/mol. The number of phenols is 2. The fourth-order valence-corrected chi connectivity index (χ4v) is 9.14. The van der Waals surface area contributed by atoms with E-state index < -0.39 is 23.1 Å². The van der Waals surface area contributed by atoms with Gasteiger partial charge in [-0.1, -0.05) is 92.7 Å². The number of ketones is 1. The van der Waals surface area contributed by atoms with Gasteiger partial charge in [0.15, 0.2) is 17.3 Å². The summed E-state index contributed by atoms with van der Waals surface area (Å²) >= 11 is 0. The maximum absolute atomic E-state index is 14.5. The van der Waals surface area contributed by atoms with Crippen molar-refractivity contribution in [1.82, 2.24) is 4.90 Å². The van der Waals surface area contributed by atoms with Gasteiger partial charge in [-0.2, -0.15) is 0 Å². The van der Waals surface area contributed by atoms with Crippen molar-refractivity contribution in [1.29, 1.82) is 0 Å². The lowest BCUT2D eigenvalue weighted by molar-refractivity contribution is -0.232. The molecule has 67 heavy (non-hydrogen) atoms. The zero-order chi connectivity index (χ0) is 51.6. The number of anilines is 1. The van der Waals surface area contributed by atoms with Gasteiger partial charge >= 0.3 is 0 Å². The van der Waals surface area contributed by atoms with Crippen LogP contribution in [-0.2, 0) is 14.3 Å². The molecular weight excluding hydrogens is 853 g/mol. The molecule has 3 heterocycles. The number of amides is 1. The number of allylic oxidation sites excluding steroid dienone is 5. The van der Waals surface area contributed by atoms with Gasteiger partial charge < -0.3 is 45.2 Å². The van der Waals surface area contributed by atoms with Crippen molar-refractivity contribution in [2.45, 2.75) is 140 Å².